The minimum atomic E-state index is -3.40. The van der Waals surface area contributed by atoms with Crippen LogP contribution in [0.4, 0.5) is 0 Å². The first-order valence-corrected chi connectivity index (χ1v) is 10.7. The van der Waals surface area contributed by atoms with Crippen molar-refractivity contribution in [2.24, 2.45) is 0 Å². The van der Waals surface area contributed by atoms with E-state index in [1.807, 2.05) is 0 Å². The van der Waals surface area contributed by atoms with Crippen molar-refractivity contribution >= 4 is 25.6 Å². The first-order chi connectivity index (χ1) is 10.1. The van der Waals surface area contributed by atoms with E-state index in [9.17, 15) is 21.6 Å². The van der Waals surface area contributed by atoms with Crippen molar-refractivity contribution in [3.8, 4) is 0 Å². The summed E-state index contributed by atoms with van der Waals surface area (Å²) in [4.78, 5) is 14.2. The van der Waals surface area contributed by atoms with E-state index in [0.29, 0.717) is 13.0 Å². The molecule has 22 heavy (non-hydrogen) atoms. The van der Waals surface area contributed by atoms with Gasteiger partial charge in [0.25, 0.3) is 5.91 Å². The molecular formula is C14H19NO5S2. The van der Waals surface area contributed by atoms with Gasteiger partial charge in [0.15, 0.2) is 19.7 Å². The summed E-state index contributed by atoms with van der Waals surface area (Å²) in [5.74, 6) is -0.279. The molecule has 1 aliphatic rings. The molecule has 0 spiro atoms. The fraction of sp³-hybridized carbons (Fsp3) is 0.500. The zero-order valence-electron chi connectivity index (χ0n) is 12.5. The Kier molecular flexibility index (Phi) is 4.62. The quantitative estimate of drug-likeness (QED) is 0.803. The average Bonchev–Trinajstić information content (AvgIpc) is 2.79. The average molecular weight is 345 g/mol. The molecule has 2 rings (SSSR count). The third-order valence-electron chi connectivity index (χ3n) is 3.76. The summed E-state index contributed by atoms with van der Waals surface area (Å²) in [6.07, 6.45) is 1.51. The van der Waals surface area contributed by atoms with Gasteiger partial charge in [-0.25, -0.2) is 16.8 Å². The molecule has 0 radical (unpaired) electrons. The van der Waals surface area contributed by atoms with Crippen LogP contribution in [-0.4, -0.2) is 58.0 Å². The zero-order valence-corrected chi connectivity index (χ0v) is 14.2. The van der Waals surface area contributed by atoms with E-state index in [2.05, 4.69) is 0 Å². The van der Waals surface area contributed by atoms with Crippen LogP contribution in [-0.2, 0) is 19.7 Å². The predicted octanol–water partition coefficient (Wildman–Crippen LogP) is 0.739. The van der Waals surface area contributed by atoms with Gasteiger partial charge >= 0.3 is 0 Å². The van der Waals surface area contributed by atoms with Gasteiger partial charge in [0, 0.05) is 24.4 Å². The highest BCUT2D eigenvalue weighted by molar-refractivity contribution is 7.91. The van der Waals surface area contributed by atoms with Crippen LogP contribution >= 0.6 is 0 Å². The molecule has 0 bridgehead atoms. The second-order valence-electron chi connectivity index (χ2n) is 5.45. The van der Waals surface area contributed by atoms with Gasteiger partial charge < -0.3 is 4.90 Å². The fourth-order valence-electron chi connectivity index (χ4n) is 2.61. The Bertz CT molecular complexity index is 783. The van der Waals surface area contributed by atoms with Crippen molar-refractivity contribution in [2.75, 3.05) is 24.3 Å². The standard InChI is InChI=1S/C14H19NO5S2/c1-3-15(12-7-8-22(19,20)10-12)14(16)11-5-4-6-13(9-11)21(2,17)18/h4-6,9,12H,3,7-8,10H2,1-2H3/t12-/m0/s1. The van der Waals surface area contributed by atoms with Crippen LogP contribution in [0.2, 0.25) is 0 Å². The topological polar surface area (TPSA) is 88.6 Å². The summed E-state index contributed by atoms with van der Waals surface area (Å²) in [7, 11) is -6.48. The molecule has 0 saturated carbocycles. The van der Waals surface area contributed by atoms with Gasteiger partial charge in [0.2, 0.25) is 0 Å². The van der Waals surface area contributed by atoms with Crippen LogP contribution in [0.3, 0.4) is 0 Å². The van der Waals surface area contributed by atoms with E-state index in [0.717, 1.165) is 6.26 Å². The van der Waals surface area contributed by atoms with Gasteiger partial charge in [0.05, 0.1) is 16.4 Å². The number of amides is 1. The number of sulfone groups is 2. The Morgan fingerprint density at radius 1 is 1.36 bits per heavy atom. The van der Waals surface area contributed by atoms with Gasteiger partial charge in [-0.3, -0.25) is 4.79 Å². The number of carbonyl (C=O) groups is 1. The van der Waals surface area contributed by atoms with Crippen molar-refractivity contribution in [1.29, 1.82) is 0 Å². The molecule has 1 aromatic rings. The molecule has 1 atom stereocenters. The monoisotopic (exact) mass is 345 g/mol. The highest BCUT2D eigenvalue weighted by Gasteiger charge is 2.34. The largest absolute Gasteiger partial charge is 0.335 e. The van der Waals surface area contributed by atoms with E-state index >= 15 is 0 Å². The molecule has 122 valence electrons. The molecule has 0 aliphatic carbocycles. The number of hydrogen-bond acceptors (Lipinski definition) is 5. The Morgan fingerprint density at radius 3 is 2.55 bits per heavy atom. The van der Waals surface area contributed by atoms with E-state index in [-0.39, 0.29) is 33.9 Å². The maximum Gasteiger partial charge on any atom is 0.254 e. The maximum absolute atomic E-state index is 12.6. The first kappa shape index (κ1) is 17.0. The Labute approximate surface area is 131 Å². The molecule has 0 unspecified atom stereocenters. The lowest BCUT2D eigenvalue weighted by Gasteiger charge is -2.27. The summed E-state index contributed by atoms with van der Waals surface area (Å²) in [6.45, 7) is 2.16. The van der Waals surface area contributed by atoms with Gasteiger partial charge in [-0.05, 0) is 31.5 Å². The zero-order chi connectivity index (χ0) is 16.5. The molecule has 0 aromatic heterocycles. The highest BCUT2D eigenvalue weighted by Crippen LogP contribution is 2.21. The number of benzene rings is 1. The fourth-order valence-corrected chi connectivity index (χ4v) is 5.01. The van der Waals surface area contributed by atoms with Crippen LogP contribution in [0, 0.1) is 0 Å². The molecule has 1 heterocycles. The maximum atomic E-state index is 12.6. The van der Waals surface area contributed by atoms with Gasteiger partial charge in [-0.1, -0.05) is 6.07 Å². The molecule has 1 aliphatic heterocycles. The third-order valence-corrected chi connectivity index (χ3v) is 6.62. The van der Waals surface area contributed by atoms with Gasteiger partial charge in [-0.15, -0.1) is 0 Å². The molecular weight excluding hydrogens is 326 g/mol. The lowest BCUT2D eigenvalue weighted by Crippen LogP contribution is -2.41. The smallest absolute Gasteiger partial charge is 0.254 e. The van der Waals surface area contributed by atoms with Crippen molar-refractivity contribution < 1.29 is 21.6 Å². The minimum absolute atomic E-state index is 0.0294. The van der Waals surface area contributed by atoms with E-state index in [1.165, 1.54) is 23.1 Å². The predicted molar refractivity (Wildman–Crippen MR) is 83.3 cm³/mol. The van der Waals surface area contributed by atoms with Gasteiger partial charge in [0.1, 0.15) is 0 Å². The number of hydrogen-bond donors (Lipinski definition) is 0. The Balaban J connectivity index is 2.30. The first-order valence-electron chi connectivity index (χ1n) is 6.95. The molecule has 6 nitrogen and oxygen atoms in total. The Morgan fingerprint density at radius 2 is 2.05 bits per heavy atom. The molecule has 1 aromatic carbocycles. The van der Waals surface area contributed by atoms with Crippen molar-refractivity contribution in [3.63, 3.8) is 0 Å². The van der Waals surface area contributed by atoms with Gasteiger partial charge in [-0.2, -0.15) is 0 Å². The summed E-state index contributed by atoms with van der Waals surface area (Å²) in [5, 5.41) is 0. The molecule has 8 heteroatoms. The minimum Gasteiger partial charge on any atom is -0.335 e. The lowest BCUT2D eigenvalue weighted by molar-refractivity contribution is 0.0708. The van der Waals surface area contributed by atoms with E-state index < -0.39 is 19.7 Å². The van der Waals surface area contributed by atoms with Crippen LogP contribution in [0.25, 0.3) is 0 Å². The second-order valence-corrected chi connectivity index (χ2v) is 9.69. The number of rotatable bonds is 4. The molecule has 1 fully saturated rings. The van der Waals surface area contributed by atoms with Crippen LogP contribution in [0.15, 0.2) is 29.2 Å². The third kappa shape index (κ3) is 3.67. The van der Waals surface area contributed by atoms with Crippen LogP contribution in [0.5, 0.6) is 0 Å². The highest BCUT2D eigenvalue weighted by atomic mass is 32.2. The summed E-state index contributed by atoms with van der Waals surface area (Å²) < 4.78 is 46.3. The summed E-state index contributed by atoms with van der Waals surface area (Å²) in [6, 6.07) is 5.49. The summed E-state index contributed by atoms with van der Waals surface area (Å²) >= 11 is 0. The SMILES string of the molecule is CCN(C(=O)c1cccc(S(C)(=O)=O)c1)[C@H]1CCS(=O)(=O)C1. The molecule has 0 N–H and O–H groups in total. The van der Waals surface area contributed by atoms with Crippen molar-refractivity contribution in [1.82, 2.24) is 4.90 Å². The van der Waals surface area contributed by atoms with Crippen molar-refractivity contribution in [2.45, 2.75) is 24.3 Å². The second kappa shape index (κ2) is 6.00. The van der Waals surface area contributed by atoms with E-state index in [1.54, 1.807) is 13.0 Å². The number of nitrogens with zero attached hydrogens (tertiary/aromatic N) is 1. The molecule has 1 saturated heterocycles. The number of carbonyl (C=O) groups excluding carboxylic acids is 1. The van der Waals surface area contributed by atoms with Crippen LogP contribution in [0.1, 0.15) is 23.7 Å². The molecule has 1 amide bonds. The lowest BCUT2D eigenvalue weighted by atomic mass is 10.1. The van der Waals surface area contributed by atoms with Crippen molar-refractivity contribution in [3.05, 3.63) is 29.8 Å². The Hall–Kier alpha value is -1.41. The van der Waals surface area contributed by atoms with Crippen LogP contribution < -0.4 is 0 Å². The summed E-state index contributed by atoms with van der Waals surface area (Å²) in [5.41, 5.74) is 0.258. The normalized spacial score (nSPS) is 20.7. The van der Waals surface area contributed by atoms with E-state index in [4.69, 9.17) is 0 Å².